The fourth-order valence-corrected chi connectivity index (χ4v) is 4.57. The third-order valence-corrected chi connectivity index (χ3v) is 8.55. The SMILES string of the molecule is C=[C]([C@@H](CO)C(=O)OC)[Sn]([CH3])([CH3])[CH3]. The second kappa shape index (κ2) is 5.00. The van der Waals surface area contributed by atoms with Crippen molar-refractivity contribution in [2.75, 3.05) is 13.7 Å². The minimum absolute atomic E-state index is 0.195. The maximum absolute atomic E-state index is 11.2. The number of esters is 1. The molecule has 0 aromatic carbocycles. The Labute approximate surface area is 83.7 Å². The molecular formula is C9H18O3Sn. The molecule has 1 atom stereocenters. The topological polar surface area (TPSA) is 46.5 Å². The minimum atomic E-state index is -2.29. The van der Waals surface area contributed by atoms with E-state index in [4.69, 9.17) is 5.11 Å². The molecule has 0 spiro atoms. The first-order chi connectivity index (χ1) is 5.84. The number of rotatable bonds is 4. The van der Waals surface area contributed by atoms with Crippen LogP contribution in [0.1, 0.15) is 0 Å². The molecule has 76 valence electrons. The van der Waals surface area contributed by atoms with E-state index in [0.29, 0.717) is 0 Å². The van der Waals surface area contributed by atoms with E-state index >= 15 is 0 Å². The summed E-state index contributed by atoms with van der Waals surface area (Å²) in [4.78, 5) is 17.7. The fourth-order valence-electron chi connectivity index (χ4n) is 0.992. The molecule has 4 heteroatoms. The number of hydrogen-bond acceptors (Lipinski definition) is 3. The molecule has 0 radical (unpaired) electrons. The van der Waals surface area contributed by atoms with Gasteiger partial charge in [-0.25, -0.2) is 0 Å². The maximum atomic E-state index is 11.2. The number of methoxy groups -OCH3 is 1. The van der Waals surface area contributed by atoms with Gasteiger partial charge in [-0.1, -0.05) is 0 Å². The Bertz CT molecular complexity index is 205. The predicted molar refractivity (Wildman–Crippen MR) is 55.1 cm³/mol. The van der Waals surface area contributed by atoms with Crippen LogP contribution in [0, 0.1) is 5.92 Å². The first-order valence-electron chi connectivity index (χ1n) is 4.22. The monoisotopic (exact) mass is 294 g/mol. The van der Waals surface area contributed by atoms with E-state index in [1.54, 1.807) is 0 Å². The number of aliphatic hydroxyl groups excluding tert-OH is 1. The molecule has 0 rings (SSSR count). The van der Waals surface area contributed by atoms with Gasteiger partial charge in [-0.15, -0.1) is 0 Å². The van der Waals surface area contributed by atoms with Crippen LogP contribution in [0.3, 0.4) is 0 Å². The van der Waals surface area contributed by atoms with Crippen LogP contribution in [-0.4, -0.2) is 43.2 Å². The summed E-state index contributed by atoms with van der Waals surface area (Å²) in [6.07, 6.45) is 0. The summed E-state index contributed by atoms with van der Waals surface area (Å²) >= 11 is -2.29. The molecule has 0 aromatic rings. The van der Waals surface area contributed by atoms with Gasteiger partial charge in [0.1, 0.15) is 0 Å². The zero-order valence-electron chi connectivity index (χ0n) is 8.76. The van der Waals surface area contributed by atoms with Crippen LogP contribution in [0.5, 0.6) is 0 Å². The average Bonchev–Trinajstić information content (AvgIpc) is 2.03. The Morgan fingerprint density at radius 1 is 1.54 bits per heavy atom. The molecule has 0 heterocycles. The van der Waals surface area contributed by atoms with Crippen molar-refractivity contribution in [1.82, 2.24) is 0 Å². The molecular weight excluding hydrogens is 275 g/mol. The second-order valence-corrected chi connectivity index (χ2v) is 18.7. The van der Waals surface area contributed by atoms with Crippen molar-refractivity contribution in [3.63, 3.8) is 0 Å². The quantitative estimate of drug-likeness (QED) is 0.626. The van der Waals surface area contributed by atoms with Crippen LogP contribution in [0.15, 0.2) is 10.2 Å². The summed E-state index contributed by atoms with van der Waals surface area (Å²) in [5.41, 5.74) is 0. The van der Waals surface area contributed by atoms with E-state index in [1.807, 2.05) is 0 Å². The first-order valence-corrected chi connectivity index (χ1v) is 14.2. The zero-order chi connectivity index (χ0) is 10.6. The molecule has 0 saturated heterocycles. The molecule has 0 aliphatic rings. The van der Waals surface area contributed by atoms with E-state index < -0.39 is 24.3 Å². The molecule has 13 heavy (non-hydrogen) atoms. The van der Waals surface area contributed by atoms with Crippen molar-refractivity contribution in [3.8, 4) is 0 Å². The van der Waals surface area contributed by atoms with Crippen LogP contribution in [0.2, 0.25) is 14.8 Å². The van der Waals surface area contributed by atoms with E-state index in [-0.39, 0.29) is 12.6 Å². The first kappa shape index (κ1) is 13.0. The zero-order valence-corrected chi connectivity index (χ0v) is 11.6. The summed E-state index contributed by atoms with van der Waals surface area (Å²) in [5, 5.41) is 9.03. The van der Waals surface area contributed by atoms with Crippen molar-refractivity contribution in [1.29, 1.82) is 0 Å². The van der Waals surface area contributed by atoms with Gasteiger partial charge in [-0.05, 0) is 0 Å². The standard InChI is InChI=1S/C6H9O3.3CH3.Sn/c1-3-5(4-7)6(8)9-2;;;;/h5,7H,1,4H2,2H3;3*1H3;/t5-;;;;/m0..../s1. The summed E-state index contributed by atoms with van der Waals surface area (Å²) < 4.78 is 5.50. The second-order valence-electron chi connectivity index (χ2n) is 4.03. The van der Waals surface area contributed by atoms with Crippen LogP contribution in [0.4, 0.5) is 0 Å². The van der Waals surface area contributed by atoms with Crippen LogP contribution in [-0.2, 0) is 9.53 Å². The molecule has 3 nitrogen and oxygen atoms in total. The van der Waals surface area contributed by atoms with Crippen molar-refractivity contribution in [2.45, 2.75) is 14.8 Å². The van der Waals surface area contributed by atoms with Crippen molar-refractivity contribution < 1.29 is 14.6 Å². The van der Waals surface area contributed by atoms with E-state index in [2.05, 4.69) is 26.1 Å². The van der Waals surface area contributed by atoms with Crippen LogP contribution in [0.25, 0.3) is 0 Å². The number of carbonyl (C=O) groups is 1. The van der Waals surface area contributed by atoms with E-state index in [9.17, 15) is 4.79 Å². The van der Waals surface area contributed by atoms with Gasteiger partial charge in [0.05, 0.1) is 0 Å². The number of aliphatic hydroxyl groups is 1. The summed E-state index contributed by atoms with van der Waals surface area (Å²) in [6.45, 7) is 3.70. The Hall–Kier alpha value is -0.0313. The molecule has 0 aliphatic heterocycles. The normalized spacial score (nSPS) is 13.6. The third-order valence-electron chi connectivity index (χ3n) is 2.05. The molecule has 0 fully saturated rings. The van der Waals surface area contributed by atoms with Crippen molar-refractivity contribution >= 4 is 24.3 Å². The molecule has 0 bridgehead atoms. The van der Waals surface area contributed by atoms with Gasteiger partial charge in [0.25, 0.3) is 0 Å². The molecule has 0 saturated carbocycles. The van der Waals surface area contributed by atoms with Gasteiger partial charge in [-0.2, -0.15) is 0 Å². The Morgan fingerprint density at radius 3 is 2.23 bits per heavy atom. The summed E-state index contributed by atoms with van der Waals surface area (Å²) in [5.74, 6) is -0.889. The van der Waals surface area contributed by atoms with Gasteiger partial charge < -0.3 is 0 Å². The number of hydrogen-bond donors (Lipinski definition) is 1. The predicted octanol–water partition coefficient (Wildman–Crippen LogP) is 1.20. The molecule has 1 N–H and O–H groups in total. The summed E-state index contributed by atoms with van der Waals surface area (Å²) in [7, 11) is 1.33. The fraction of sp³-hybridized carbons (Fsp3) is 0.667. The van der Waals surface area contributed by atoms with Crippen LogP contribution < -0.4 is 0 Å². The average molecular weight is 293 g/mol. The summed E-state index contributed by atoms with van der Waals surface area (Å²) in [6, 6.07) is 0. The Kier molecular flexibility index (Phi) is 4.99. The Morgan fingerprint density at radius 2 is 2.00 bits per heavy atom. The third kappa shape index (κ3) is 3.68. The molecule has 0 amide bonds. The Balaban J connectivity index is 4.60. The van der Waals surface area contributed by atoms with Gasteiger partial charge in [0, 0.05) is 0 Å². The van der Waals surface area contributed by atoms with E-state index in [0.717, 1.165) is 3.59 Å². The van der Waals surface area contributed by atoms with Gasteiger partial charge in [-0.3, -0.25) is 0 Å². The molecule has 0 unspecified atom stereocenters. The van der Waals surface area contributed by atoms with Crippen molar-refractivity contribution in [3.05, 3.63) is 10.2 Å². The van der Waals surface area contributed by atoms with Crippen LogP contribution >= 0.6 is 0 Å². The molecule has 0 aromatic heterocycles. The van der Waals surface area contributed by atoms with Gasteiger partial charge in [0.2, 0.25) is 0 Å². The van der Waals surface area contributed by atoms with Crippen molar-refractivity contribution in [2.24, 2.45) is 5.92 Å². The number of ether oxygens (including phenoxy) is 1. The van der Waals surface area contributed by atoms with Gasteiger partial charge >= 0.3 is 83.6 Å². The number of carbonyl (C=O) groups excluding carboxylic acids is 1. The molecule has 0 aliphatic carbocycles. The van der Waals surface area contributed by atoms with E-state index in [1.165, 1.54) is 7.11 Å². The van der Waals surface area contributed by atoms with Gasteiger partial charge in [0.15, 0.2) is 0 Å².